The van der Waals surface area contributed by atoms with Gasteiger partial charge in [0, 0.05) is 48.5 Å². The second-order valence-electron chi connectivity index (χ2n) is 8.69. The lowest BCUT2D eigenvalue weighted by Crippen LogP contribution is -2.23. The van der Waals surface area contributed by atoms with E-state index in [1.54, 1.807) is 18.0 Å². The van der Waals surface area contributed by atoms with Gasteiger partial charge in [0.15, 0.2) is 5.78 Å². The summed E-state index contributed by atoms with van der Waals surface area (Å²) >= 11 is 0. The number of aliphatic hydroxyl groups excluding tert-OH is 1. The van der Waals surface area contributed by atoms with Crippen LogP contribution in [0.4, 0.5) is 5.95 Å². The lowest BCUT2D eigenvalue weighted by atomic mass is 9.85. The molecule has 0 spiro atoms. The van der Waals surface area contributed by atoms with Gasteiger partial charge in [-0.3, -0.25) is 9.48 Å². The fourth-order valence-corrected chi connectivity index (χ4v) is 4.37. The van der Waals surface area contributed by atoms with Crippen LogP contribution in [0.25, 0.3) is 16.6 Å². The zero-order valence-corrected chi connectivity index (χ0v) is 19.0. The Morgan fingerprint density at radius 1 is 1.31 bits per heavy atom. The zero-order chi connectivity index (χ0) is 22.7. The molecule has 0 amide bonds. The molecule has 0 bridgehead atoms. The van der Waals surface area contributed by atoms with Gasteiger partial charge in [-0.15, -0.1) is 5.10 Å². The van der Waals surface area contributed by atoms with Crippen LogP contribution in [0.3, 0.4) is 0 Å². The first-order valence-electron chi connectivity index (χ1n) is 11.3. The minimum Gasteiger partial charge on any atom is -0.393 e. The Morgan fingerprint density at radius 3 is 2.81 bits per heavy atom. The number of aromatic nitrogens is 5. The van der Waals surface area contributed by atoms with E-state index in [0.717, 1.165) is 48.0 Å². The molecule has 172 valence electrons. The maximum atomic E-state index is 11.8. The van der Waals surface area contributed by atoms with Crippen LogP contribution in [0, 0.1) is 0 Å². The first kappa shape index (κ1) is 22.4. The lowest BCUT2D eigenvalue weighted by molar-refractivity contribution is -0.119. The van der Waals surface area contributed by atoms with Gasteiger partial charge in [0.1, 0.15) is 0 Å². The van der Waals surface area contributed by atoms with Crippen molar-refractivity contribution < 1.29 is 14.6 Å². The number of carbonyl (C=O) groups excluding carboxylic acids is 1. The molecule has 4 rings (SSSR count). The molecule has 0 aromatic carbocycles. The molecule has 3 aromatic heterocycles. The number of nitrogens with zero attached hydrogens (tertiary/aromatic N) is 5. The molecule has 2 N–H and O–H groups in total. The molecule has 0 radical (unpaired) electrons. The highest BCUT2D eigenvalue weighted by atomic mass is 16.5. The van der Waals surface area contributed by atoms with E-state index >= 15 is 0 Å². The third-order valence-corrected chi connectivity index (χ3v) is 6.13. The summed E-state index contributed by atoms with van der Waals surface area (Å²) in [5.74, 6) is 1.01. The zero-order valence-electron chi connectivity index (χ0n) is 19.0. The second-order valence-corrected chi connectivity index (χ2v) is 8.69. The van der Waals surface area contributed by atoms with Crippen molar-refractivity contribution in [1.29, 1.82) is 0 Å². The Hall–Kier alpha value is -2.78. The molecule has 32 heavy (non-hydrogen) atoms. The van der Waals surface area contributed by atoms with E-state index in [1.165, 1.54) is 0 Å². The van der Waals surface area contributed by atoms with E-state index < -0.39 is 0 Å². The van der Waals surface area contributed by atoms with E-state index in [-0.39, 0.29) is 24.5 Å². The quantitative estimate of drug-likeness (QED) is 0.527. The van der Waals surface area contributed by atoms with E-state index in [1.807, 2.05) is 30.8 Å². The molecule has 0 saturated heterocycles. The molecular formula is C23H32N6O3. The van der Waals surface area contributed by atoms with Crippen molar-refractivity contribution in [2.75, 3.05) is 19.0 Å². The van der Waals surface area contributed by atoms with Crippen molar-refractivity contribution in [3.63, 3.8) is 0 Å². The number of ketones is 1. The number of carbonyl (C=O) groups is 1. The maximum absolute atomic E-state index is 11.8. The van der Waals surface area contributed by atoms with Crippen LogP contribution in [0.5, 0.6) is 0 Å². The number of anilines is 1. The van der Waals surface area contributed by atoms with Crippen LogP contribution in [0.2, 0.25) is 0 Å². The van der Waals surface area contributed by atoms with E-state index in [2.05, 4.69) is 21.5 Å². The summed E-state index contributed by atoms with van der Waals surface area (Å²) in [6, 6.07) is 2.24. The first-order chi connectivity index (χ1) is 15.5. The number of hydrogen-bond donors (Lipinski definition) is 2. The van der Waals surface area contributed by atoms with Gasteiger partial charge in [-0.2, -0.15) is 5.10 Å². The van der Waals surface area contributed by atoms with Gasteiger partial charge >= 0.3 is 0 Å². The summed E-state index contributed by atoms with van der Waals surface area (Å²) < 4.78 is 8.87. The largest absolute Gasteiger partial charge is 0.393 e. The van der Waals surface area contributed by atoms with Crippen LogP contribution >= 0.6 is 0 Å². The smallest absolute Gasteiger partial charge is 0.241 e. The Balaban J connectivity index is 1.72. The number of hydrogen-bond acceptors (Lipinski definition) is 7. The Labute approximate surface area is 187 Å². The molecule has 0 unspecified atom stereocenters. The topological polar surface area (TPSA) is 107 Å². The van der Waals surface area contributed by atoms with E-state index in [0.29, 0.717) is 24.9 Å². The predicted molar refractivity (Wildman–Crippen MR) is 122 cm³/mol. The molecule has 1 aliphatic rings. The van der Waals surface area contributed by atoms with Gasteiger partial charge in [-0.05, 0) is 38.7 Å². The normalized spacial score (nSPS) is 19.9. The summed E-state index contributed by atoms with van der Waals surface area (Å²) in [7, 11) is 1.67. The van der Waals surface area contributed by atoms with Gasteiger partial charge in [0.25, 0.3) is 0 Å². The third kappa shape index (κ3) is 4.83. The maximum Gasteiger partial charge on any atom is 0.241 e. The highest BCUT2D eigenvalue weighted by Crippen LogP contribution is 2.37. The molecule has 1 atom stereocenters. The minimum atomic E-state index is -0.215. The first-order valence-corrected chi connectivity index (χ1v) is 11.3. The number of rotatable bonds is 9. The monoisotopic (exact) mass is 440 g/mol. The molecule has 9 heteroatoms. The Kier molecular flexibility index (Phi) is 6.86. The molecule has 1 fully saturated rings. The summed E-state index contributed by atoms with van der Waals surface area (Å²) in [5.41, 5.74) is 3.95. The van der Waals surface area contributed by atoms with Crippen molar-refractivity contribution in [3.05, 3.63) is 30.4 Å². The average molecular weight is 441 g/mol. The second kappa shape index (κ2) is 9.79. The fraction of sp³-hybridized carbons (Fsp3) is 0.565. The van der Waals surface area contributed by atoms with Crippen molar-refractivity contribution in [2.45, 2.75) is 70.6 Å². The Morgan fingerprint density at radius 2 is 2.09 bits per heavy atom. The predicted octanol–water partition coefficient (Wildman–Crippen LogP) is 3.04. The van der Waals surface area contributed by atoms with Crippen molar-refractivity contribution >= 4 is 17.2 Å². The highest BCUT2D eigenvalue weighted by molar-refractivity contribution is 5.81. The summed E-state index contributed by atoms with van der Waals surface area (Å²) in [6.45, 7) is 4.71. The standard InChI is InChI=1S/C23H32N6O3/c1-4-18(30)13-28-12-17(10-25-28)20-9-21(16-5-7-19(31)8-6-16)29-22(20)11-24-23(27-29)26-15(2)14-32-3/h9-12,15-16,19,31H,4-8,13-14H2,1-3H3,(H,26,27)/t15-,16?,19?/m0/s1. The molecule has 0 aliphatic heterocycles. The number of Topliss-reactive ketones (excluding diaryl/α,β-unsaturated/α-hetero) is 1. The van der Waals surface area contributed by atoms with Crippen molar-refractivity contribution in [2.24, 2.45) is 0 Å². The van der Waals surface area contributed by atoms with Gasteiger partial charge in [-0.25, -0.2) is 9.50 Å². The summed E-state index contributed by atoms with van der Waals surface area (Å²) in [4.78, 5) is 16.4. The van der Waals surface area contributed by atoms with Gasteiger partial charge in [-0.1, -0.05) is 6.92 Å². The number of aliphatic hydroxyl groups is 1. The van der Waals surface area contributed by atoms with E-state index in [9.17, 15) is 9.90 Å². The Bertz CT molecular complexity index is 1070. The molecular weight excluding hydrogens is 408 g/mol. The number of nitrogens with one attached hydrogen (secondary N) is 1. The van der Waals surface area contributed by atoms with Crippen molar-refractivity contribution in [3.8, 4) is 11.1 Å². The van der Waals surface area contributed by atoms with Crippen LogP contribution in [0.1, 0.15) is 57.6 Å². The number of ether oxygens (including phenoxy) is 1. The molecule has 3 heterocycles. The average Bonchev–Trinajstić information content (AvgIpc) is 3.38. The van der Waals surface area contributed by atoms with Crippen molar-refractivity contribution in [1.82, 2.24) is 24.4 Å². The van der Waals surface area contributed by atoms with Crippen LogP contribution in [-0.4, -0.2) is 61.1 Å². The van der Waals surface area contributed by atoms with Gasteiger partial charge in [0.05, 0.1) is 37.2 Å². The van der Waals surface area contributed by atoms with Gasteiger partial charge < -0.3 is 15.2 Å². The lowest BCUT2D eigenvalue weighted by Gasteiger charge is -2.25. The summed E-state index contributed by atoms with van der Waals surface area (Å²) in [5, 5.41) is 22.4. The summed E-state index contributed by atoms with van der Waals surface area (Å²) in [6.07, 6.45) is 9.24. The van der Waals surface area contributed by atoms with Gasteiger partial charge in [0.2, 0.25) is 5.95 Å². The number of methoxy groups -OCH3 is 1. The molecule has 1 saturated carbocycles. The van der Waals surface area contributed by atoms with E-state index in [4.69, 9.17) is 9.84 Å². The molecule has 1 aliphatic carbocycles. The highest BCUT2D eigenvalue weighted by Gasteiger charge is 2.26. The SMILES string of the molecule is CCC(=O)Cn1cc(-c2cc(C3CCC(O)CC3)n3nc(N[C@@H](C)COC)ncc23)cn1. The van der Waals surface area contributed by atoms with Crippen LogP contribution < -0.4 is 5.32 Å². The minimum absolute atomic E-state index is 0.0788. The molecule has 3 aromatic rings. The van der Waals surface area contributed by atoms with Crippen LogP contribution in [-0.2, 0) is 16.1 Å². The molecule has 9 nitrogen and oxygen atoms in total. The number of fused-ring (bicyclic) bond motifs is 1. The van der Waals surface area contributed by atoms with Crippen LogP contribution in [0.15, 0.2) is 24.7 Å². The third-order valence-electron chi connectivity index (χ3n) is 6.13. The fourth-order valence-electron chi connectivity index (χ4n) is 4.37.